The van der Waals surface area contributed by atoms with Crippen LogP contribution >= 0.6 is 11.6 Å². The molecule has 120 valence electrons. The van der Waals surface area contributed by atoms with Gasteiger partial charge in [-0.1, -0.05) is 34.5 Å². The predicted octanol–water partition coefficient (Wildman–Crippen LogP) is 3.44. The van der Waals surface area contributed by atoms with Gasteiger partial charge >= 0.3 is 5.97 Å². The molecule has 0 heterocycles. The van der Waals surface area contributed by atoms with E-state index in [9.17, 15) is 4.79 Å². The first-order chi connectivity index (χ1) is 10.9. The van der Waals surface area contributed by atoms with Crippen LogP contribution < -0.4 is 10.5 Å². The number of nitrogens with zero attached hydrogens (tertiary/aromatic N) is 1. The zero-order chi connectivity index (χ0) is 17.0. The van der Waals surface area contributed by atoms with E-state index in [1.54, 1.807) is 24.3 Å². The van der Waals surface area contributed by atoms with E-state index in [0.717, 1.165) is 11.1 Å². The van der Waals surface area contributed by atoms with Crippen molar-refractivity contribution in [3.8, 4) is 5.75 Å². The van der Waals surface area contributed by atoms with Crippen molar-refractivity contribution in [1.82, 2.24) is 0 Å². The lowest BCUT2D eigenvalue weighted by Gasteiger charge is -2.08. The van der Waals surface area contributed by atoms with Crippen LogP contribution in [0, 0.1) is 13.8 Å². The monoisotopic (exact) mass is 332 g/mol. The molecule has 0 atom stereocenters. The fourth-order valence-electron chi connectivity index (χ4n) is 2.11. The van der Waals surface area contributed by atoms with E-state index < -0.39 is 5.97 Å². The van der Waals surface area contributed by atoms with E-state index in [1.807, 2.05) is 26.0 Å². The molecular formula is C17H17ClN2O3. The van der Waals surface area contributed by atoms with Gasteiger partial charge in [0.15, 0.2) is 5.84 Å². The maximum atomic E-state index is 12.1. The number of aryl methyl sites for hydroxylation is 2. The molecule has 0 spiro atoms. The van der Waals surface area contributed by atoms with E-state index in [2.05, 4.69) is 5.16 Å². The van der Waals surface area contributed by atoms with Gasteiger partial charge in [0.1, 0.15) is 5.75 Å². The molecule has 0 saturated heterocycles. The molecule has 0 aromatic heterocycles. The number of halogens is 1. The second-order valence-electron chi connectivity index (χ2n) is 5.02. The number of carbonyl (C=O) groups is 1. The van der Waals surface area contributed by atoms with Crippen LogP contribution in [0.2, 0.25) is 5.02 Å². The van der Waals surface area contributed by atoms with Gasteiger partial charge in [-0.15, -0.1) is 0 Å². The summed E-state index contributed by atoms with van der Waals surface area (Å²) in [6.07, 6.45) is 0. The van der Waals surface area contributed by atoms with E-state index in [4.69, 9.17) is 26.9 Å². The van der Waals surface area contributed by atoms with Gasteiger partial charge in [0.2, 0.25) is 0 Å². The largest absolute Gasteiger partial charge is 0.496 e. The molecule has 0 aliphatic rings. The molecule has 0 saturated carbocycles. The van der Waals surface area contributed by atoms with Crippen LogP contribution in [0.25, 0.3) is 0 Å². The van der Waals surface area contributed by atoms with Crippen LogP contribution in [0.15, 0.2) is 41.6 Å². The molecule has 0 bridgehead atoms. The Labute approximate surface area is 139 Å². The van der Waals surface area contributed by atoms with Gasteiger partial charge in [0, 0.05) is 5.02 Å². The lowest BCUT2D eigenvalue weighted by molar-refractivity contribution is 0.0515. The van der Waals surface area contributed by atoms with Crippen LogP contribution in [-0.2, 0) is 4.84 Å². The molecule has 0 unspecified atom stereocenters. The lowest BCUT2D eigenvalue weighted by Crippen LogP contribution is -2.16. The number of methoxy groups -OCH3 is 1. The van der Waals surface area contributed by atoms with Gasteiger partial charge < -0.3 is 15.3 Å². The first kappa shape index (κ1) is 16.8. The van der Waals surface area contributed by atoms with Crippen LogP contribution in [0.4, 0.5) is 0 Å². The molecule has 5 nitrogen and oxygen atoms in total. The molecule has 2 rings (SSSR count). The summed E-state index contributed by atoms with van der Waals surface area (Å²) in [5.74, 6) is -0.0906. The van der Waals surface area contributed by atoms with Crippen LogP contribution in [0.3, 0.4) is 0 Å². The molecule has 0 fully saturated rings. The first-order valence-electron chi connectivity index (χ1n) is 6.88. The molecule has 2 aromatic carbocycles. The number of ether oxygens (including phenoxy) is 1. The summed E-state index contributed by atoms with van der Waals surface area (Å²) in [5, 5.41) is 4.16. The maximum absolute atomic E-state index is 12.1. The third-order valence-corrected chi connectivity index (χ3v) is 3.50. The van der Waals surface area contributed by atoms with Crippen molar-refractivity contribution in [1.29, 1.82) is 0 Å². The highest BCUT2D eigenvalue weighted by Crippen LogP contribution is 2.22. The zero-order valence-corrected chi connectivity index (χ0v) is 13.8. The average Bonchev–Trinajstić information content (AvgIpc) is 2.52. The fraction of sp³-hybridized carbons (Fsp3) is 0.176. The highest BCUT2D eigenvalue weighted by Gasteiger charge is 2.13. The van der Waals surface area contributed by atoms with Crippen LogP contribution in [0.5, 0.6) is 5.75 Å². The predicted molar refractivity (Wildman–Crippen MR) is 90.1 cm³/mol. The summed E-state index contributed by atoms with van der Waals surface area (Å²) >= 11 is 5.94. The maximum Gasteiger partial charge on any atom is 0.366 e. The van der Waals surface area contributed by atoms with E-state index in [1.165, 1.54) is 7.11 Å². The zero-order valence-electron chi connectivity index (χ0n) is 13.1. The Morgan fingerprint density at radius 1 is 1.13 bits per heavy atom. The van der Waals surface area contributed by atoms with Gasteiger partial charge in [-0.05, 0) is 43.7 Å². The minimum absolute atomic E-state index is 0.00228. The van der Waals surface area contributed by atoms with Crippen LogP contribution in [0.1, 0.15) is 27.0 Å². The van der Waals surface area contributed by atoms with Crippen molar-refractivity contribution in [3.63, 3.8) is 0 Å². The van der Waals surface area contributed by atoms with Gasteiger partial charge in [0.25, 0.3) is 0 Å². The molecule has 2 aromatic rings. The van der Waals surface area contributed by atoms with Gasteiger partial charge in [0.05, 0.1) is 18.2 Å². The normalized spacial score (nSPS) is 11.2. The quantitative estimate of drug-likeness (QED) is 0.403. The number of oxime groups is 1. The van der Waals surface area contributed by atoms with Gasteiger partial charge in [-0.3, -0.25) is 0 Å². The van der Waals surface area contributed by atoms with E-state index in [0.29, 0.717) is 21.9 Å². The Kier molecular flexibility index (Phi) is 5.24. The Morgan fingerprint density at radius 2 is 1.87 bits per heavy atom. The molecule has 0 radical (unpaired) electrons. The van der Waals surface area contributed by atoms with Crippen molar-refractivity contribution >= 4 is 23.4 Å². The summed E-state index contributed by atoms with van der Waals surface area (Å²) in [6, 6.07) is 10.3. The van der Waals surface area contributed by atoms with E-state index in [-0.39, 0.29) is 5.84 Å². The minimum Gasteiger partial charge on any atom is -0.496 e. The number of amidine groups is 1. The summed E-state index contributed by atoms with van der Waals surface area (Å²) in [7, 11) is 1.50. The third kappa shape index (κ3) is 4.02. The Morgan fingerprint density at radius 3 is 2.52 bits per heavy atom. The smallest absolute Gasteiger partial charge is 0.366 e. The molecule has 0 aliphatic carbocycles. The summed E-state index contributed by atoms with van der Waals surface area (Å²) in [5.41, 5.74) is 8.62. The number of rotatable bonds is 4. The average molecular weight is 333 g/mol. The lowest BCUT2D eigenvalue weighted by atomic mass is 10.1. The Hall–Kier alpha value is -2.53. The number of hydrogen-bond acceptors (Lipinski definition) is 4. The standard InChI is InChI=1S/C17H17ClN2O3/c1-10-4-6-13(11(2)8-10)17(21)23-20-16(19)14-9-12(18)5-7-15(14)22-3/h4-9H,1-3H3,(H2,19,20). The van der Waals surface area contributed by atoms with Crippen LogP contribution in [-0.4, -0.2) is 18.9 Å². The fourth-order valence-corrected chi connectivity index (χ4v) is 2.28. The summed E-state index contributed by atoms with van der Waals surface area (Å²) in [4.78, 5) is 17.0. The number of hydrogen-bond donors (Lipinski definition) is 1. The molecule has 23 heavy (non-hydrogen) atoms. The topological polar surface area (TPSA) is 73.9 Å². The molecule has 6 heteroatoms. The highest BCUT2D eigenvalue weighted by atomic mass is 35.5. The summed E-state index contributed by atoms with van der Waals surface area (Å²) < 4.78 is 5.19. The van der Waals surface area contributed by atoms with Crippen molar-refractivity contribution < 1.29 is 14.4 Å². The number of carbonyl (C=O) groups excluding carboxylic acids is 1. The van der Waals surface area contributed by atoms with Crippen molar-refractivity contribution in [3.05, 3.63) is 63.7 Å². The number of nitrogens with two attached hydrogens (primary N) is 1. The van der Waals surface area contributed by atoms with Gasteiger partial charge in [-0.2, -0.15) is 0 Å². The molecule has 0 amide bonds. The first-order valence-corrected chi connectivity index (χ1v) is 7.26. The number of benzene rings is 2. The second-order valence-corrected chi connectivity index (χ2v) is 5.45. The van der Waals surface area contributed by atoms with Crippen molar-refractivity contribution in [2.45, 2.75) is 13.8 Å². The molecular weight excluding hydrogens is 316 g/mol. The van der Waals surface area contributed by atoms with E-state index >= 15 is 0 Å². The minimum atomic E-state index is -0.577. The van der Waals surface area contributed by atoms with Crippen molar-refractivity contribution in [2.75, 3.05) is 7.11 Å². The highest BCUT2D eigenvalue weighted by molar-refractivity contribution is 6.31. The van der Waals surface area contributed by atoms with Gasteiger partial charge in [-0.25, -0.2) is 4.79 Å². The van der Waals surface area contributed by atoms with Crippen molar-refractivity contribution in [2.24, 2.45) is 10.9 Å². The Balaban J connectivity index is 2.22. The molecule has 0 aliphatic heterocycles. The molecule has 2 N–H and O–H groups in total. The SMILES string of the molecule is COc1ccc(Cl)cc1/C(N)=N/OC(=O)c1ccc(C)cc1C. The second kappa shape index (κ2) is 7.15. The summed E-state index contributed by atoms with van der Waals surface area (Å²) in [6.45, 7) is 3.78. The third-order valence-electron chi connectivity index (χ3n) is 3.27. The Bertz CT molecular complexity index is 772.